The van der Waals surface area contributed by atoms with E-state index in [0.717, 1.165) is 0 Å². The van der Waals surface area contributed by atoms with Gasteiger partial charge >= 0.3 is 5.97 Å². The molecule has 9 heteroatoms. The van der Waals surface area contributed by atoms with Crippen LogP contribution in [0.2, 0.25) is 10.0 Å². The maximum absolute atomic E-state index is 12.0. The molecule has 0 aliphatic heterocycles. The highest BCUT2D eigenvalue weighted by molar-refractivity contribution is 6.36. The fraction of sp³-hybridized carbons (Fsp3) is 0.222. The van der Waals surface area contributed by atoms with Gasteiger partial charge in [0.25, 0.3) is 11.8 Å². The Hall–Kier alpha value is -2.64. The molecule has 2 aromatic rings. The van der Waals surface area contributed by atoms with Crippen LogP contribution in [0.3, 0.4) is 0 Å². The molecule has 0 saturated heterocycles. The molecule has 1 aromatic carbocycles. The Kier molecular flexibility index (Phi) is 7.15. The summed E-state index contributed by atoms with van der Waals surface area (Å²) in [6.45, 7) is 2.57. The number of nitrogens with zero attached hydrogens (tertiary/aromatic N) is 1. The highest BCUT2D eigenvalue weighted by Gasteiger charge is 2.19. The van der Waals surface area contributed by atoms with Crippen molar-refractivity contribution < 1.29 is 19.1 Å². The average Bonchev–Trinajstić information content (AvgIpc) is 2.64. The SMILES string of the molecule is Cc1nc(NC(=O)COC(=O)[C@@H](C)NC(=O)c2ccccc2)c(Cl)cc1Cl. The summed E-state index contributed by atoms with van der Waals surface area (Å²) in [6.07, 6.45) is 0. The van der Waals surface area contributed by atoms with Crippen LogP contribution in [0.4, 0.5) is 5.82 Å². The predicted octanol–water partition coefficient (Wildman–Crippen LogP) is 3.00. The molecule has 142 valence electrons. The number of halogens is 2. The number of hydrogen-bond donors (Lipinski definition) is 2. The van der Waals surface area contributed by atoms with Crippen molar-refractivity contribution in [3.8, 4) is 0 Å². The minimum Gasteiger partial charge on any atom is -0.454 e. The summed E-state index contributed by atoms with van der Waals surface area (Å²) >= 11 is 11.8. The Bertz CT molecular complexity index is 859. The molecule has 0 unspecified atom stereocenters. The van der Waals surface area contributed by atoms with Crippen molar-refractivity contribution in [3.05, 3.63) is 57.7 Å². The zero-order valence-corrected chi connectivity index (χ0v) is 16.1. The molecule has 0 aliphatic carbocycles. The van der Waals surface area contributed by atoms with Crippen LogP contribution in [-0.2, 0) is 14.3 Å². The van der Waals surface area contributed by atoms with E-state index < -0.39 is 30.4 Å². The van der Waals surface area contributed by atoms with Gasteiger partial charge in [0.05, 0.1) is 15.7 Å². The van der Waals surface area contributed by atoms with Crippen molar-refractivity contribution in [2.45, 2.75) is 19.9 Å². The summed E-state index contributed by atoms with van der Waals surface area (Å²) in [5.41, 5.74) is 0.902. The van der Waals surface area contributed by atoms with Crippen LogP contribution in [0.25, 0.3) is 0 Å². The second kappa shape index (κ2) is 9.34. The van der Waals surface area contributed by atoms with Gasteiger partial charge in [-0.2, -0.15) is 0 Å². The largest absolute Gasteiger partial charge is 0.454 e. The van der Waals surface area contributed by atoms with E-state index in [0.29, 0.717) is 16.3 Å². The van der Waals surface area contributed by atoms with E-state index in [2.05, 4.69) is 15.6 Å². The van der Waals surface area contributed by atoms with Crippen molar-refractivity contribution >= 4 is 46.8 Å². The number of anilines is 1. The molecule has 2 N–H and O–H groups in total. The van der Waals surface area contributed by atoms with Gasteiger partial charge in [-0.05, 0) is 32.0 Å². The average molecular weight is 410 g/mol. The van der Waals surface area contributed by atoms with Crippen LogP contribution in [0.15, 0.2) is 36.4 Å². The first-order chi connectivity index (χ1) is 12.8. The van der Waals surface area contributed by atoms with E-state index >= 15 is 0 Å². The topological polar surface area (TPSA) is 97.4 Å². The molecule has 2 rings (SSSR count). The number of hydrogen-bond acceptors (Lipinski definition) is 5. The van der Waals surface area contributed by atoms with Crippen molar-refractivity contribution in [2.24, 2.45) is 0 Å². The first-order valence-corrected chi connectivity index (χ1v) is 8.68. The zero-order valence-electron chi connectivity index (χ0n) is 14.6. The van der Waals surface area contributed by atoms with Gasteiger partial charge in [-0.15, -0.1) is 0 Å². The Morgan fingerprint density at radius 3 is 2.48 bits per heavy atom. The lowest BCUT2D eigenvalue weighted by atomic mass is 10.2. The summed E-state index contributed by atoms with van der Waals surface area (Å²) in [7, 11) is 0. The number of amides is 2. The smallest absolute Gasteiger partial charge is 0.328 e. The number of benzene rings is 1. The summed E-state index contributed by atoms with van der Waals surface area (Å²) in [5.74, 6) is -1.68. The second-order valence-electron chi connectivity index (χ2n) is 5.60. The second-order valence-corrected chi connectivity index (χ2v) is 6.42. The Balaban J connectivity index is 1.84. The number of carbonyl (C=O) groups excluding carboxylic acids is 3. The highest BCUT2D eigenvalue weighted by atomic mass is 35.5. The zero-order chi connectivity index (χ0) is 20.0. The summed E-state index contributed by atoms with van der Waals surface area (Å²) in [6, 6.07) is 8.95. The van der Waals surface area contributed by atoms with Gasteiger partial charge in [0, 0.05) is 5.56 Å². The highest BCUT2D eigenvalue weighted by Crippen LogP contribution is 2.25. The first kappa shape index (κ1) is 20.7. The number of ether oxygens (including phenoxy) is 1. The van der Waals surface area contributed by atoms with Crippen LogP contribution in [0.5, 0.6) is 0 Å². The molecule has 1 aromatic heterocycles. The van der Waals surface area contributed by atoms with E-state index in [4.69, 9.17) is 27.9 Å². The number of carbonyl (C=O) groups is 3. The van der Waals surface area contributed by atoms with Gasteiger partial charge in [0.2, 0.25) is 0 Å². The van der Waals surface area contributed by atoms with Gasteiger partial charge in [-0.25, -0.2) is 9.78 Å². The number of rotatable bonds is 6. The maximum atomic E-state index is 12.0. The molecule has 0 fully saturated rings. The van der Waals surface area contributed by atoms with Gasteiger partial charge < -0.3 is 15.4 Å². The minimum absolute atomic E-state index is 0.116. The Morgan fingerprint density at radius 1 is 1.15 bits per heavy atom. The van der Waals surface area contributed by atoms with Crippen LogP contribution in [-0.4, -0.2) is 35.4 Å². The normalized spacial score (nSPS) is 11.4. The van der Waals surface area contributed by atoms with Crippen molar-refractivity contribution in [2.75, 3.05) is 11.9 Å². The number of pyridine rings is 1. The predicted molar refractivity (Wildman–Crippen MR) is 102 cm³/mol. The van der Waals surface area contributed by atoms with E-state index in [1.807, 2.05) is 0 Å². The van der Waals surface area contributed by atoms with Crippen LogP contribution < -0.4 is 10.6 Å². The fourth-order valence-corrected chi connectivity index (χ4v) is 2.41. The summed E-state index contributed by atoms with van der Waals surface area (Å²) in [4.78, 5) is 39.9. The third-order valence-electron chi connectivity index (χ3n) is 3.45. The quantitative estimate of drug-likeness (QED) is 0.714. The number of nitrogens with one attached hydrogen (secondary N) is 2. The lowest BCUT2D eigenvalue weighted by Gasteiger charge is -2.13. The summed E-state index contributed by atoms with van der Waals surface area (Å²) in [5, 5.41) is 5.46. The Morgan fingerprint density at radius 2 is 1.81 bits per heavy atom. The van der Waals surface area contributed by atoms with Gasteiger partial charge in [0.1, 0.15) is 6.04 Å². The first-order valence-electron chi connectivity index (χ1n) is 7.93. The van der Waals surface area contributed by atoms with Gasteiger partial charge in [0.15, 0.2) is 12.4 Å². The molecule has 0 aliphatic rings. The monoisotopic (exact) mass is 409 g/mol. The van der Waals surface area contributed by atoms with E-state index in [9.17, 15) is 14.4 Å². The van der Waals surface area contributed by atoms with Crippen molar-refractivity contribution in [3.63, 3.8) is 0 Å². The van der Waals surface area contributed by atoms with Crippen LogP contribution in [0.1, 0.15) is 23.0 Å². The van der Waals surface area contributed by atoms with E-state index in [1.165, 1.54) is 13.0 Å². The van der Waals surface area contributed by atoms with Crippen molar-refractivity contribution in [1.82, 2.24) is 10.3 Å². The van der Waals surface area contributed by atoms with Gasteiger partial charge in [-0.1, -0.05) is 41.4 Å². The molecule has 27 heavy (non-hydrogen) atoms. The summed E-state index contributed by atoms with van der Waals surface area (Å²) < 4.78 is 4.91. The maximum Gasteiger partial charge on any atom is 0.328 e. The lowest BCUT2D eigenvalue weighted by molar-refractivity contribution is -0.148. The van der Waals surface area contributed by atoms with Gasteiger partial charge in [-0.3, -0.25) is 9.59 Å². The molecule has 2 amide bonds. The fourth-order valence-electron chi connectivity index (χ4n) is 2.00. The minimum atomic E-state index is -0.926. The van der Waals surface area contributed by atoms with E-state index in [1.54, 1.807) is 37.3 Å². The number of aryl methyl sites for hydroxylation is 1. The molecule has 7 nitrogen and oxygen atoms in total. The third-order valence-corrected chi connectivity index (χ3v) is 4.12. The van der Waals surface area contributed by atoms with Crippen LogP contribution >= 0.6 is 23.2 Å². The Labute approximate surface area is 166 Å². The molecule has 0 bridgehead atoms. The van der Waals surface area contributed by atoms with Crippen molar-refractivity contribution in [1.29, 1.82) is 0 Å². The molecule has 0 spiro atoms. The lowest BCUT2D eigenvalue weighted by Crippen LogP contribution is -2.40. The number of aromatic nitrogens is 1. The molecule has 0 saturated carbocycles. The van der Waals surface area contributed by atoms with Crippen LogP contribution in [0, 0.1) is 6.92 Å². The molecule has 1 heterocycles. The third kappa shape index (κ3) is 5.94. The molecular formula is C18H17Cl2N3O4. The molecule has 0 radical (unpaired) electrons. The number of esters is 1. The van der Waals surface area contributed by atoms with E-state index in [-0.39, 0.29) is 10.8 Å². The standard InChI is InChI=1S/C18H17Cl2N3O4/c1-10-13(19)8-14(20)16(21-10)23-15(24)9-27-18(26)11(2)22-17(25)12-6-4-3-5-7-12/h3-8,11H,9H2,1-2H3,(H,22,25)(H,21,23,24)/t11-/m1/s1. The molecular weight excluding hydrogens is 393 g/mol. The molecule has 1 atom stereocenters.